The van der Waals surface area contributed by atoms with E-state index in [2.05, 4.69) is 10.4 Å². The van der Waals surface area contributed by atoms with Crippen molar-refractivity contribution in [1.29, 1.82) is 0 Å². The van der Waals surface area contributed by atoms with Crippen LogP contribution in [-0.4, -0.2) is 48.7 Å². The predicted molar refractivity (Wildman–Crippen MR) is 73.2 cm³/mol. The molecule has 0 amide bonds. The summed E-state index contributed by atoms with van der Waals surface area (Å²) in [5.41, 5.74) is 0. The Bertz CT molecular complexity index is 506. The van der Waals surface area contributed by atoms with Crippen LogP contribution in [0.15, 0.2) is 17.3 Å². The van der Waals surface area contributed by atoms with Gasteiger partial charge in [-0.3, -0.25) is 4.68 Å². The van der Waals surface area contributed by atoms with Crippen molar-refractivity contribution in [2.75, 3.05) is 26.2 Å². The molecule has 19 heavy (non-hydrogen) atoms. The molecule has 7 heteroatoms. The van der Waals surface area contributed by atoms with Gasteiger partial charge in [0.05, 0.1) is 6.20 Å². The summed E-state index contributed by atoms with van der Waals surface area (Å²) in [7, 11) is -1.77. The first kappa shape index (κ1) is 14.5. The van der Waals surface area contributed by atoms with E-state index in [1.807, 2.05) is 6.92 Å². The molecule has 0 aromatic carbocycles. The van der Waals surface area contributed by atoms with E-state index < -0.39 is 10.0 Å². The normalized spacial score (nSPS) is 18.1. The van der Waals surface area contributed by atoms with Crippen LogP contribution in [0.1, 0.15) is 19.8 Å². The zero-order valence-corrected chi connectivity index (χ0v) is 12.4. The van der Waals surface area contributed by atoms with Gasteiger partial charge in [-0.05, 0) is 37.9 Å². The maximum atomic E-state index is 12.6. The molecule has 1 aromatic heterocycles. The van der Waals surface area contributed by atoms with Crippen molar-refractivity contribution < 1.29 is 8.42 Å². The number of aryl methyl sites for hydroxylation is 1. The highest BCUT2D eigenvalue weighted by atomic mass is 32.2. The van der Waals surface area contributed by atoms with Crippen molar-refractivity contribution in [1.82, 2.24) is 19.4 Å². The molecule has 1 aliphatic heterocycles. The van der Waals surface area contributed by atoms with E-state index in [9.17, 15) is 8.42 Å². The minimum atomic E-state index is -3.42. The highest BCUT2D eigenvalue weighted by Gasteiger charge is 2.28. The third-order valence-electron chi connectivity index (χ3n) is 3.65. The number of nitrogens with one attached hydrogen (secondary N) is 1. The van der Waals surface area contributed by atoms with Crippen LogP contribution >= 0.6 is 0 Å². The number of sulfonamides is 1. The second-order valence-electron chi connectivity index (χ2n) is 4.94. The zero-order valence-electron chi connectivity index (χ0n) is 11.5. The standard InChI is InChI=1S/C12H22N4O2S/c1-3-16(10-11-4-7-13-8-5-11)19(17,18)12-6-9-14-15(12)2/h6,9,11,13H,3-5,7-8,10H2,1-2H3. The minimum Gasteiger partial charge on any atom is -0.317 e. The third-order valence-corrected chi connectivity index (χ3v) is 5.67. The quantitative estimate of drug-likeness (QED) is 0.852. The van der Waals surface area contributed by atoms with Crippen LogP contribution in [0.3, 0.4) is 0 Å². The lowest BCUT2D eigenvalue weighted by Crippen LogP contribution is -2.39. The van der Waals surface area contributed by atoms with E-state index in [-0.39, 0.29) is 5.03 Å². The Balaban J connectivity index is 2.14. The molecule has 1 aromatic rings. The van der Waals surface area contributed by atoms with Crippen molar-refractivity contribution in [3.05, 3.63) is 12.3 Å². The summed E-state index contributed by atoms with van der Waals surface area (Å²) in [4.78, 5) is 0. The summed E-state index contributed by atoms with van der Waals surface area (Å²) in [6.45, 7) is 4.94. The van der Waals surface area contributed by atoms with Gasteiger partial charge in [-0.15, -0.1) is 0 Å². The van der Waals surface area contributed by atoms with E-state index >= 15 is 0 Å². The second kappa shape index (κ2) is 6.02. The van der Waals surface area contributed by atoms with Gasteiger partial charge < -0.3 is 5.32 Å². The van der Waals surface area contributed by atoms with Gasteiger partial charge in [-0.2, -0.15) is 9.40 Å². The molecule has 0 atom stereocenters. The monoisotopic (exact) mass is 286 g/mol. The average molecular weight is 286 g/mol. The Labute approximate surface area is 114 Å². The van der Waals surface area contributed by atoms with Crippen LogP contribution in [0.25, 0.3) is 0 Å². The summed E-state index contributed by atoms with van der Waals surface area (Å²) >= 11 is 0. The Kier molecular flexibility index (Phi) is 4.59. The zero-order chi connectivity index (χ0) is 13.9. The summed E-state index contributed by atoms with van der Waals surface area (Å²) in [6, 6.07) is 1.56. The number of nitrogens with zero attached hydrogens (tertiary/aromatic N) is 3. The van der Waals surface area contributed by atoms with Crippen molar-refractivity contribution in [2.45, 2.75) is 24.8 Å². The van der Waals surface area contributed by atoms with E-state index in [1.54, 1.807) is 17.4 Å². The number of aromatic nitrogens is 2. The summed E-state index contributed by atoms with van der Waals surface area (Å²) < 4.78 is 28.1. The largest absolute Gasteiger partial charge is 0.317 e. The van der Waals surface area contributed by atoms with Crippen LogP contribution in [0.5, 0.6) is 0 Å². The number of hydrogen-bond donors (Lipinski definition) is 1. The molecule has 0 bridgehead atoms. The second-order valence-corrected chi connectivity index (χ2v) is 6.83. The SMILES string of the molecule is CCN(CC1CCNCC1)S(=O)(=O)c1ccnn1C. The van der Waals surface area contributed by atoms with Gasteiger partial charge in [0.15, 0.2) is 5.03 Å². The lowest BCUT2D eigenvalue weighted by Gasteiger charge is -2.28. The minimum absolute atomic E-state index is 0.267. The third kappa shape index (κ3) is 3.16. The summed E-state index contributed by atoms with van der Waals surface area (Å²) in [5, 5.41) is 7.51. The van der Waals surface area contributed by atoms with Crippen LogP contribution in [0.2, 0.25) is 0 Å². The molecular weight excluding hydrogens is 264 g/mol. The van der Waals surface area contributed by atoms with Crippen molar-refractivity contribution in [3.8, 4) is 0 Å². The highest BCUT2D eigenvalue weighted by molar-refractivity contribution is 7.89. The lowest BCUT2D eigenvalue weighted by molar-refractivity contribution is 0.293. The molecule has 2 heterocycles. The molecule has 1 N–H and O–H groups in total. The van der Waals surface area contributed by atoms with Gasteiger partial charge in [0.25, 0.3) is 10.0 Å². The molecule has 0 unspecified atom stereocenters. The van der Waals surface area contributed by atoms with Gasteiger partial charge >= 0.3 is 0 Å². The van der Waals surface area contributed by atoms with Gasteiger partial charge in [-0.1, -0.05) is 6.92 Å². The van der Waals surface area contributed by atoms with Crippen molar-refractivity contribution >= 4 is 10.0 Å². The van der Waals surface area contributed by atoms with Gasteiger partial charge in [0, 0.05) is 20.1 Å². The molecule has 1 aliphatic rings. The number of piperidine rings is 1. The maximum Gasteiger partial charge on any atom is 0.260 e. The molecular formula is C12H22N4O2S. The Hall–Kier alpha value is -0.920. The first-order chi connectivity index (χ1) is 9.05. The summed E-state index contributed by atoms with van der Waals surface area (Å²) in [6.07, 6.45) is 3.60. The van der Waals surface area contributed by atoms with Crippen LogP contribution in [0.4, 0.5) is 0 Å². The molecule has 108 valence electrons. The van der Waals surface area contributed by atoms with Crippen LogP contribution in [0, 0.1) is 5.92 Å². The molecule has 6 nitrogen and oxygen atoms in total. The van der Waals surface area contributed by atoms with E-state index in [4.69, 9.17) is 0 Å². The first-order valence-electron chi connectivity index (χ1n) is 6.74. The fourth-order valence-electron chi connectivity index (χ4n) is 2.50. The van der Waals surface area contributed by atoms with Crippen molar-refractivity contribution in [2.24, 2.45) is 13.0 Å². The molecule has 0 spiro atoms. The molecule has 2 rings (SSSR count). The molecule has 1 fully saturated rings. The van der Waals surface area contributed by atoms with Crippen molar-refractivity contribution in [3.63, 3.8) is 0 Å². The molecule has 1 saturated heterocycles. The fourth-order valence-corrected chi connectivity index (χ4v) is 4.12. The van der Waals surface area contributed by atoms with Gasteiger partial charge in [0.2, 0.25) is 0 Å². The molecule has 0 aliphatic carbocycles. The topological polar surface area (TPSA) is 67.2 Å². The highest BCUT2D eigenvalue weighted by Crippen LogP contribution is 2.19. The Morgan fingerprint density at radius 1 is 1.47 bits per heavy atom. The fraction of sp³-hybridized carbons (Fsp3) is 0.750. The Morgan fingerprint density at radius 3 is 2.68 bits per heavy atom. The number of rotatable bonds is 5. The van der Waals surface area contributed by atoms with E-state index in [0.717, 1.165) is 25.9 Å². The summed E-state index contributed by atoms with van der Waals surface area (Å²) in [5.74, 6) is 0.448. The Morgan fingerprint density at radius 2 is 2.16 bits per heavy atom. The lowest BCUT2D eigenvalue weighted by atomic mass is 9.98. The first-order valence-corrected chi connectivity index (χ1v) is 8.18. The van der Waals surface area contributed by atoms with E-state index in [1.165, 1.54) is 10.9 Å². The maximum absolute atomic E-state index is 12.6. The van der Waals surface area contributed by atoms with E-state index in [0.29, 0.717) is 19.0 Å². The predicted octanol–water partition coefficient (Wildman–Crippen LogP) is 0.430. The smallest absolute Gasteiger partial charge is 0.260 e. The van der Waals surface area contributed by atoms with Crippen LogP contribution < -0.4 is 5.32 Å². The molecule has 0 saturated carbocycles. The van der Waals surface area contributed by atoms with Gasteiger partial charge in [-0.25, -0.2) is 8.42 Å². The van der Waals surface area contributed by atoms with Gasteiger partial charge in [0.1, 0.15) is 0 Å². The average Bonchev–Trinajstić information content (AvgIpc) is 2.84. The number of hydrogen-bond acceptors (Lipinski definition) is 4. The molecule has 0 radical (unpaired) electrons. The van der Waals surface area contributed by atoms with Crippen LogP contribution in [-0.2, 0) is 17.1 Å².